The summed E-state index contributed by atoms with van der Waals surface area (Å²) in [6, 6.07) is -0.992. The Balaban J connectivity index is 1.74. The fourth-order valence-electron chi connectivity index (χ4n) is 3.29. The molecular weight excluding hydrogens is 546 g/mol. The van der Waals surface area contributed by atoms with Gasteiger partial charge in [-0.2, -0.15) is 0 Å². The SMILES string of the molecule is CSC1=C(C(=O)O)N2C(=O)C(NC(=O)C(=NOCCC(=O)OC(C)(C)C)c3csc(NC=O)n3)[C@@H]2SC1. The van der Waals surface area contributed by atoms with Crippen LogP contribution < -0.4 is 10.6 Å². The average molecular weight is 572 g/mol. The first-order chi connectivity index (χ1) is 17.5. The van der Waals surface area contributed by atoms with Gasteiger partial charge in [0.15, 0.2) is 10.8 Å². The molecule has 1 fully saturated rings. The summed E-state index contributed by atoms with van der Waals surface area (Å²) in [5.41, 5.74) is -0.971. The Labute approximate surface area is 224 Å². The van der Waals surface area contributed by atoms with Gasteiger partial charge in [0.1, 0.15) is 35.0 Å². The molecule has 200 valence electrons. The van der Waals surface area contributed by atoms with Gasteiger partial charge >= 0.3 is 11.9 Å². The molecule has 0 aromatic carbocycles. The number of aromatic nitrogens is 1. The van der Waals surface area contributed by atoms with Crippen LogP contribution in [0.1, 0.15) is 32.9 Å². The van der Waals surface area contributed by atoms with E-state index < -0.39 is 40.8 Å². The number of hydrogen-bond acceptors (Lipinski definition) is 12. The lowest BCUT2D eigenvalue weighted by Crippen LogP contribution is -2.71. The van der Waals surface area contributed by atoms with E-state index in [1.165, 1.54) is 28.9 Å². The smallest absolute Gasteiger partial charge is 0.353 e. The van der Waals surface area contributed by atoms with Crippen molar-refractivity contribution < 1.29 is 38.7 Å². The van der Waals surface area contributed by atoms with Crippen LogP contribution in [0.15, 0.2) is 21.1 Å². The normalized spacial score (nSPS) is 19.5. The van der Waals surface area contributed by atoms with Crippen molar-refractivity contribution >= 4 is 75.9 Å². The van der Waals surface area contributed by atoms with Crippen molar-refractivity contribution in [3.8, 4) is 0 Å². The maximum Gasteiger partial charge on any atom is 0.353 e. The van der Waals surface area contributed by atoms with Crippen molar-refractivity contribution in [1.82, 2.24) is 15.2 Å². The second kappa shape index (κ2) is 12.0. The predicted molar refractivity (Wildman–Crippen MR) is 138 cm³/mol. The molecule has 0 saturated carbocycles. The summed E-state index contributed by atoms with van der Waals surface area (Å²) in [5, 5.41) is 19.4. The number of carbonyl (C=O) groups is 5. The van der Waals surface area contributed by atoms with Gasteiger partial charge in [-0.3, -0.25) is 24.1 Å². The molecule has 0 bridgehead atoms. The molecule has 16 heteroatoms. The number of thioether (sulfide) groups is 2. The van der Waals surface area contributed by atoms with Gasteiger partial charge in [0.05, 0.1) is 6.42 Å². The Hall–Kier alpha value is -3.11. The summed E-state index contributed by atoms with van der Waals surface area (Å²) in [5.74, 6) is -2.71. The van der Waals surface area contributed by atoms with Gasteiger partial charge < -0.3 is 25.3 Å². The predicted octanol–water partition coefficient (Wildman–Crippen LogP) is 1.22. The quantitative estimate of drug-likeness (QED) is 0.0869. The van der Waals surface area contributed by atoms with E-state index >= 15 is 0 Å². The molecule has 0 aliphatic carbocycles. The molecule has 37 heavy (non-hydrogen) atoms. The number of aliphatic carboxylic acids is 1. The minimum absolute atomic E-state index is 0.0693. The first-order valence-electron chi connectivity index (χ1n) is 10.8. The second-order valence-corrected chi connectivity index (χ2v) is 11.4. The zero-order chi connectivity index (χ0) is 27.3. The van der Waals surface area contributed by atoms with Gasteiger partial charge in [-0.25, -0.2) is 9.78 Å². The highest BCUT2D eigenvalue weighted by atomic mass is 32.2. The Morgan fingerprint density at radius 3 is 2.73 bits per heavy atom. The second-order valence-electron chi connectivity index (χ2n) is 8.55. The van der Waals surface area contributed by atoms with Crippen LogP contribution in [0.3, 0.4) is 0 Å². The van der Waals surface area contributed by atoms with Crippen molar-refractivity contribution in [2.45, 2.75) is 44.2 Å². The number of fused-ring (bicyclic) bond motifs is 1. The molecule has 0 radical (unpaired) electrons. The molecule has 3 N–H and O–H groups in total. The maximum atomic E-state index is 13.1. The molecule has 2 atom stereocenters. The molecule has 3 heterocycles. The topological polar surface area (TPSA) is 177 Å². The van der Waals surface area contributed by atoms with Gasteiger partial charge in [-0.05, 0) is 27.0 Å². The molecule has 0 spiro atoms. The summed E-state index contributed by atoms with van der Waals surface area (Å²) in [4.78, 5) is 71.3. The highest BCUT2D eigenvalue weighted by Crippen LogP contribution is 2.42. The lowest BCUT2D eigenvalue weighted by atomic mass is 10.0. The minimum atomic E-state index is -1.22. The Morgan fingerprint density at radius 2 is 2.11 bits per heavy atom. The number of anilines is 1. The molecule has 3 rings (SSSR count). The van der Waals surface area contributed by atoms with E-state index in [-0.39, 0.29) is 35.3 Å². The first-order valence-corrected chi connectivity index (χ1v) is 14.0. The van der Waals surface area contributed by atoms with E-state index in [1.54, 1.807) is 27.0 Å². The third kappa shape index (κ3) is 6.81. The van der Waals surface area contributed by atoms with Gasteiger partial charge in [-0.15, -0.1) is 34.9 Å². The van der Waals surface area contributed by atoms with Crippen molar-refractivity contribution in [3.05, 3.63) is 21.7 Å². The van der Waals surface area contributed by atoms with Crippen LogP contribution in [0.4, 0.5) is 5.13 Å². The fraction of sp³-hybridized carbons (Fsp3) is 0.476. The van der Waals surface area contributed by atoms with Gasteiger partial charge in [0.2, 0.25) is 6.41 Å². The van der Waals surface area contributed by atoms with E-state index in [0.29, 0.717) is 17.1 Å². The highest BCUT2D eigenvalue weighted by molar-refractivity contribution is 8.05. The largest absolute Gasteiger partial charge is 0.477 e. The number of oxime groups is 1. The van der Waals surface area contributed by atoms with Crippen LogP contribution in [-0.4, -0.2) is 86.5 Å². The number of nitrogens with zero attached hydrogens (tertiary/aromatic N) is 3. The lowest BCUT2D eigenvalue weighted by Gasteiger charge is -2.49. The van der Waals surface area contributed by atoms with E-state index in [2.05, 4.69) is 20.8 Å². The molecule has 3 amide bonds. The van der Waals surface area contributed by atoms with E-state index in [0.717, 1.165) is 16.2 Å². The number of carbonyl (C=O) groups excluding carboxylic acids is 4. The number of carboxylic acids is 1. The highest BCUT2D eigenvalue weighted by Gasteiger charge is 2.54. The van der Waals surface area contributed by atoms with Crippen molar-refractivity contribution in [3.63, 3.8) is 0 Å². The van der Waals surface area contributed by atoms with Crippen LogP contribution in [-0.2, 0) is 33.5 Å². The van der Waals surface area contributed by atoms with Crippen LogP contribution >= 0.6 is 34.9 Å². The molecule has 1 saturated heterocycles. The molecule has 1 aromatic rings. The number of rotatable bonds is 11. The zero-order valence-electron chi connectivity index (χ0n) is 20.3. The Morgan fingerprint density at radius 1 is 1.38 bits per heavy atom. The molecule has 1 unspecified atom stereocenters. The number of esters is 1. The Bertz CT molecular complexity index is 1160. The molecule has 2 aliphatic rings. The Kier molecular flexibility index (Phi) is 9.20. The lowest BCUT2D eigenvalue weighted by molar-refractivity contribution is -0.156. The fourth-order valence-corrected chi connectivity index (χ4v) is 6.20. The molecule has 1 aromatic heterocycles. The van der Waals surface area contributed by atoms with Crippen LogP contribution in [0.5, 0.6) is 0 Å². The van der Waals surface area contributed by atoms with Gasteiger partial charge in [-0.1, -0.05) is 5.16 Å². The van der Waals surface area contributed by atoms with E-state index in [4.69, 9.17) is 9.57 Å². The van der Waals surface area contributed by atoms with Crippen LogP contribution in [0.25, 0.3) is 0 Å². The van der Waals surface area contributed by atoms with Gasteiger partial charge in [0.25, 0.3) is 11.8 Å². The molecular formula is C21H25N5O8S3. The first kappa shape index (κ1) is 28.5. The number of thiazole rings is 1. The number of carboxylic acid groups (broad SMARTS) is 1. The summed E-state index contributed by atoms with van der Waals surface area (Å²) in [6.07, 6.45) is 2.03. The van der Waals surface area contributed by atoms with Gasteiger partial charge in [0, 0.05) is 16.0 Å². The van der Waals surface area contributed by atoms with Crippen molar-refractivity contribution in [2.75, 3.05) is 23.9 Å². The monoisotopic (exact) mass is 571 g/mol. The summed E-state index contributed by atoms with van der Waals surface area (Å²) in [6.45, 7) is 4.99. The third-order valence-corrected chi connectivity index (χ3v) is 7.85. The van der Waals surface area contributed by atoms with Crippen molar-refractivity contribution in [2.24, 2.45) is 5.16 Å². The number of amides is 3. The van der Waals surface area contributed by atoms with E-state index in [1.807, 2.05) is 0 Å². The third-order valence-electron chi connectivity index (χ3n) is 4.79. The number of β-lactam (4-membered cyclic amide) rings is 1. The van der Waals surface area contributed by atoms with Crippen LogP contribution in [0, 0.1) is 0 Å². The summed E-state index contributed by atoms with van der Waals surface area (Å²) in [7, 11) is 0. The average Bonchev–Trinajstić information content (AvgIpc) is 3.28. The number of hydrogen-bond donors (Lipinski definition) is 3. The number of ether oxygens (including phenoxy) is 1. The maximum absolute atomic E-state index is 13.1. The van der Waals surface area contributed by atoms with E-state index in [9.17, 15) is 29.1 Å². The zero-order valence-corrected chi connectivity index (χ0v) is 22.8. The minimum Gasteiger partial charge on any atom is -0.477 e. The number of nitrogens with one attached hydrogen (secondary N) is 2. The summed E-state index contributed by atoms with van der Waals surface area (Å²) >= 11 is 3.62. The standard InChI is InChI=1S/C21H25N5O8S3/c1-21(2,3)34-12(28)5-6-33-25-13(10-7-37-20(23-10)22-9-27)16(29)24-14-17(30)26-15(19(31)32)11(35-4)8-36-18(14)26/h7,9,14,18H,5-6,8H2,1-4H3,(H,24,29)(H,31,32)(H,22,23,27)/t14?,18-/m0/s1. The molecule has 2 aliphatic heterocycles. The molecule has 13 nitrogen and oxygen atoms in total. The van der Waals surface area contributed by atoms with Crippen LogP contribution in [0.2, 0.25) is 0 Å². The summed E-state index contributed by atoms with van der Waals surface area (Å²) < 4.78 is 5.19. The van der Waals surface area contributed by atoms with Crippen molar-refractivity contribution in [1.29, 1.82) is 0 Å².